The number of carbonyl (C=O) groups is 1. The summed E-state index contributed by atoms with van der Waals surface area (Å²) in [6, 6.07) is 10.8. The second-order valence-corrected chi connectivity index (χ2v) is 9.31. The van der Waals surface area contributed by atoms with Crippen LogP contribution in [0.2, 0.25) is 0 Å². The lowest BCUT2D eigenvalue weighted by Gasteiger charge is -2.33. The summed E-state index contributed by atoms with van der Waals surface area (Å²) in [5, 5.41) is 7.08. The van der Waals surface area contributed by atoms with Gasteiger partial charge in [-0.15, -0.1) is 24.0 Å². The van der Waals surface area contributed by atoms with E-state index in [2.05, 4.69) is 50.9 Å². The first-order valence-corrected chi connectivity index (χ1v) is 12.2. The maximum Gasteiger partial charge on any atom is 0.225 e. The number of guanidine groups is 1. The summed E-state index contributed by atoms with van der Waals surface area (Å²) in [5.41, 5.74) is 1.25. The first kappa shape index (κ1) is 25.3. The second-order valence-electron chi connectivity index (χ2n) is 9.31. The number of rotatable bonds is 5. The highest BCUT2D eigenvalue weighted by molar-refractivity contribution is 14.0. The Labute approximate surface area is 210 Å². The summed E-state index contributed by atoms with van der Waals surface area (Å²) >= 11 is 0. The molecule has 178 valence electrons. The molecule has 2 saturated heterocycles. The zero-order chi connectivity index (χ0) is 21.5. The zero-order valence-corrected chi connectivity index (χ0v) is 21.6. The molecule has 2 heterocycles. The number of nitrogens with one attached hydrogen (secondary N) is 2. The number of ether oxygens (including phenoxy) is 1. The second kappa shape index (κ2) is 12.8. The third kappa shape index (κ3) is 6.59. The van der Waals surface area contributed by atoms with Crippen molar-refractivity contribution in [1.29, 1.82) is 0 Å². The molecule has 1 aliphatic carbocycles. The minimum atomic E-state index is 0. The van der Waals surface area contributed by atoms with Crippen LogP contribution in [0.4, 0.5) is 0 Å². The molecule has 0 radical (unpaired) electrons. The van der Waals surface area contributed by atoms with Gasteiger partial charge in [-0.25, -0.2) is 0 Å². The summed E-state index contributed by atoms with van der Waals surface area (Å²) in [6.07, 6.45) is 9.21. The SMILES string of the molecule is CN=C(NCC1CCCOC1c1ccccc1)NC1CCN(C(=O)C2CCCCC2)C1.I. The Morgan fingerprint density at radius 3 is 2.62 bits per heavy atom. The van der Waals surface area contributed by atoms with E-state index in [0.717, 1.165) is 64.3 Å². The van der Waals surface area contributed by atoms with Crippen LogP contribution < -0.4 is 10.6 Å². The van der Waals surface area contributed by atoms with Crippen LogP contribution in [-0.4, -0.2) is 56.1 Å². The van der Waals surface area contributed by atoms with Crippen molar-refractivity contribution < 1.29 is 9.53 Å². The first-order chi connectivity index (χ1) is 15.2. The van der Waals surface area contributed by atoms with Gasteiger partial charge < -0.3 is 20.3 Å². The van der Waals surface area contributed by atoms with E-state index in [-0.39, 0.29) is 42.0 Å². The molecule has 7 heteroatoms. The maximum absolute atomic E-state index is 12.8. The van der Waals surface area contributed by atoms with Crippen molar-refractivity contribution >= 4 is 35.8 Å². The molecule has 2 N–H and O–H groups in total. The molecule has 3 unspecified atom stereocenters. The molecule has 1 saturated carbocycles. The Kier molecular flexibility index (Phi) is 10.1. The van der Waals surface area contributed by atoms with Gasteiger partial charge in [-0.05, 0) is 37.7 Å². The number of aliphatic imine (C=N–C) groups is 1. The fraction of sp³-hybridized carbons (Fsp3) is 0.680. The standard InChI is InChI=1S/C25H38N4O2.HI/c1-26-25(27-17-21-13-8-16-31-23(21)19-9-4-2-5-10-19)28-22-14-15-29(18-22)24(30)20-11-6-3-7-12-20;/h2,4-5,9-10,20-23H,3,6-8,11-18H2,1H3,(H2,26,27,28);1H. The highest BCUT2D eigenvalue weighted by atomic mass is 127. The lowest BCUT2D eigenvalue weighted by Crippen LogP contribution is -2.47. The number of benzene rings is 1. The van der Waals surface area contributed by atoms with Crippen molar-refractivity contribution in [2.45, 2.75) is 63.5 Å². The summed E-state index contributed by atoms with van der Waals surface area (Å²) in [7, 11) is 1.82. The predicted octanol–water partition coefficient (Wildman–Crippen LogP) is 4.12. The summed E-state index contributed by atoms with van der Waals surface area (Å²) < 4.78 is 6.13. The maximum atomic E-state index is 12.8. The van der Waals surface area contributed by atoms with E-state index < -0.39 is 0 Å². The van der Waals surface area contributed by atoms with Crippen LogP contribution in [0.1, 0.15) is 63.0 Å². The van der Waals surface area contributed by atoms with Crippen molar-refractivity contribution in [3.63, 3.8) is 0 Å². The van der Waals surface area contributed by atoms with Gasteiger partial charge in [0.25, 0.3) is 0 Å². The number of nitrogens with zero attached hydrogens (tertiary/aromatic N) is 2. The Morgan fingerprint density at radius 1 is 1.09 bits per heavy atom. The number of hydrogen-bond donors (Lipinski definition) is 2. The minimum Gasteiger partial charge on any atom is -0.373 e. The van der Waals surface area contributed by atoms with Gasteiger partial charge >= 0.3 is 0 Å². The van der Waals surface area contributed by atoms with Crippen LogP contribution >= 0.6 is 24.0 Å². The van der Waals surface area contributed by atoms with Crippen molar-refractivity contribution in [2.24, 2.45) is 16.8 Å². The fourth-order valence-corrected chi connectivity index (χ4v) is 5.37. The van der Waals surface area contributed by atoms with Crippen molar-refractivity contribution in [1.82, 2.24) is 15.5 Å². The summed E-state index contributed by atoms with van der Waals surface area (Å²) in [5.74, 6) is 1.88. The molecule has 1 aromatic carbocycles. The largest absolute Gasteiger partial charge is 0.373 e. The van der Waals surface area contributed by atoms with Gasteiger partial charge in [0.2, 0.25) is 5.91 Å². The van der Waals surface area contributed by atoms with Crippen LogP contribution in [0.3, 0.4) is 0 Å². The Hall–Kier alpha value is -1.35. The Balaban J connectivity index is 0.00000289. The fourth-order valence-electron chi connectivity index (χ4n) is 5.37. The molecule has 2 aliphatic heterocycles. The van der Waals surface area contributed by atoms with Gasteiger partial charge in [-0.1, -0.05) is 49.6 Å². The molecule has 3 atom stereocenters. The van der Waals surface area contributed by atoms with Crippen LogP contribution in [0.25, 0.3) is 0 Å². The average Bonchev–Trinajstić information content (AvgIpc) is 3.31. The third-order valence-corrected chi connectivity index (χ3v) is 7.12. The van der Waals surface area contributed by atoms with Crippen LogP contribution in [-0.2, 0) is 9.53 Å². The van der Waals surface area contributed by atoms with Crippen LogP contribution in [0.5, 0.6) is 0 Å². The van der Waals surface area contributed by atoms with Crippen molar-refractivity contribution in [3.05, 3.63) is 35.9 Å². The molecule has 0 spiro atoms. The molecule has 32 heavy (non-hydrogen) atoms. The van der Waals surface area contributed by atoms with Crippen molar-refractivity contribution in [3.8, 4) is 0 Å². The smallest absolute Gasteiger partial charge is 0.225 e. The molecule has 3 aliphatic rings. The highest BCUT2D eigenvalue weighted by Crippen LogP contribution is 2.33. The number of hydrogen-bond acceptors (Lipinski definition) is 3. The van der Waals surface area contributed by atoms with Gasteiger partial charge in [0.05, 0.1) is 6.10 Å². The van der Waals surface area contributed by atoms with E-state index >= 15 is 0 Å². The van der Waals surface area contributed by atoms with Gasteiger partial charge in [-0.3, -0.25) is 9.79 Å². The first-order valence-electron chi connectivity index (χ1n) is 12.2. The van der Waals surface area contributed by atoms with Crippen LogP contribution in [0, 0.1) is 11.8 Å². The monoisotopic (exact) mass is 554 g/mol. The molecule has 0 bridgehead atoms. The Morgan fingerprint density at radius 2 is 1.88 bits per heavy atom. The van der Waals surface area contributed by atoms with Gasteiger partial charge in [-0.2, -0.15) is 0 Å². The van der Waals surface area contributed by atoms with Gasteiger partial charge in [0.1, 0.15) is 0 Å². The average molecular weight is 555 g/mol. The van der Waals surface area contributed by atoms with E-state index in [9.17, 15) is 4.79 Å². The minimum absolute atomic E-state index is 0. The number of amides is 1. The predicted molar refractivity (Wildman–Crippen MR) is 139 cm³/mol. The molecule has 1 aromatic rings. The van der Waals surface area contributed by atoms with Crippen molar-refractivity contribution in [2.75, 3.05) is 33.3 Å². The van der Waals surface area contributed by atoms with Gasteiger partial charge in [0.15, 0.2) is 5.96 Å². The number of likely N-dealkylation sites (tertiary alicyclic amines) is 1. The number of carbonyl (C=O) groups excluding carboxylic acids is 1. The topological polar surface area (TPSA) is 66.0 Å². The molecule has 1 amide bonds. The number of halogens is 1. The quantitative estimate of drug-likeness (QED) is 0.327. The van der Waals surface area contributed by atoms with E-state index in [1.165, 1.54) is 24.8 Å². The van der Waals surface area contributed by atoms with E-state index in [0.29, 0.717) is 11.8 Å². The molecular weight excluding hydrogens is 515 g/mol. The molecule has 6 nitrogen and oxygen atoms in total. The lowest BCUT2D eigenvalue weighted by molar-refractivity contribution is -0.135. The zero-order valence-electron chi connectivity index (χ0n) is 19.3. The molecule has 4 rings (SSSR count). The van der Waals surface area contributed by atoms with Gasteiger partial charge in [0, 0.05) is 51.2 Å². The lowest BCUT2D eigenvalue weighted by atomic mass is 9.88. The summed E-state index contributed by atoms with van der Waals surface area (Å²) in [6.45, 7) is 3.30. The highest BCUT2D eigenvalue weighted by Gasteiger charge is 2.32. The summed E-state index contributed by atoms with van der Waals surface area (Å²) in [4.78, 5) is 19.4. The van der Waals surface area contributed by atoms with E-state index in [4.69, 9.17) is 4.74 Å². The molecular formula is C25H39IN4O2. The third-order valence-electron chi connectivity index (χ3n) is 7.12. The normalized spacial score (nSPS) is 27.0. The van der Waals surface area contributed by atoms with E-state index in [1.807, 2.05) is 7.05 Å². The Bertz CT molecular complexity index is 739. The van der Waals surface area contributed by atoms with E-state index in [1.54, 1.807) is 0 Å². The molecule has 0 aromatic heterocycles. The molecule has 3 fully saturated rings. The van der Waals surface area contributed by atoms with Crippen LogP contribution in [0.15, 0.2) is 35.3 Å².